The first kappa shape index (κ1) is 18.3. The minimum absolute atomic E-state index is 0.515. The number of fused-ring (bicyclic) bond motifs is 2. The van der Waals surface area contributed by atoms with E-state index in [1.807, 2.05) is 13.8 Å². The molecular weight excluding hydrogens is 362 g/mol. The SMILES string of the molecule is Cc1cc2cc(C3=Cc4ccc(N5CCN(C)[C@@H](C)C5)cc4OC3)oc2c(C)n1. The second-order valence-corrected chi connectivity index (χ2v) is 8.33. The minimum atomic E-state index is 0.515. The van der Waals surface area contributed by atoms with E-state index in [-0.39, 0.29) is 0 Å². The molecule has 5 rings (SSSR count). The molecule has 0 N–H and O–H groups in total. The number of hydrogen-bond acceptors (Lipinski definition) is 5. The van der Waals surface area contributed by atoms with Crippen molar-refractivity contribution in [3.63, 3.8) is 0 Å². The number of piperazine rings is 1. The Hall–Kier alpha value is -2.79. The molecule has 2 aliphatic heterocycles. The van der Waals surface area contributed by atoms with Gasteiger partial charge in [-0.2, -0.15) is 0 Å². The van der Waals surface area contributed by atoms with Crippen LogP contribution in [0.25, 0.3) is 22.6 Å². The normalized spacial score (nSPS) is 19.8. The van der Waals surface area contributed by atoms with Gasteiger partial charge in [0.2, 0.25) is 0 Å². The van der Waals surface area contributed by atoms with Crippen molar-refractivity contribution in [3.8, 4) is 5.75 Å². The highest BCUT2D eigenvalue weighted by Gasteiger charge is 2.23. The quantitative estimate of drug-likeness (QED) is 0.645. The maximum absolute atomic E-state index is 6.14. The zero-order chi connectivity index (χ0) is 20.1. The molecule has 0 saturated carbocycles. The molecule has 2 aromatic heterocycles. The predicted octanol–water partition coefficient (Wildman–Crippen LogP) is 4.52. The number of furan rings is 1. The van der Waals surface area contributed by atoms with Crippen molar-refractivity contribution in [2.45, 2.75) is 26.8 Å². The lowest BCUT2D eigenvalue weighted by Crippen LogP contribution is -2.50. The predicted molar refractivity (Wildman–Crippen MR) is 118 cm³/mol. The average Bonchev–Trinajstić information content (AvgIpc) is 3.14. The number of likely N-dealkylation sites (N-methyl/N-ethyl adjacent to an activating group) is 1. The molecular formula is C24H27N3O2. The van der Waals surface area contributed by atoms with Crippen LogP contribution in [0.4, 0.5) is 5.69 Å². The molecule has 1 atom stereocenters. The fraction of sp³-hybridized carbons (Fsp3) is 0.375. The molecule has 1 aromatic carbocycles. The molecule has 5 nitrogen and oxygen atoms in total. The first-order valence-electron chi connectivity index (χ1n) is 10.3. The smallest absolute Gasteiger partial charge is 0.155 e. The summed E-state index contributed by atoms with van der Waals surface area (Å²) < 4.78 is 12.3. The third-order valence-electron chi connectivity index (χ3n) is 6.15. The Morgan fingerprint density at radius 1 is 1.10 bits per heavy atom. The number of ether oxygens (including phenoxy) is 1. The monoisotopic (exact) mass is 389 g/mol. The van der Waals surface area contributed by atoms with Crippen LogP contribution in [0.3, 0.4) is 0 Å². The van der Waals surface area contributed by atoms with Crippen LogP contribution < -0.4 is 9.64 Å². The number of aromatic nitrogens is 1. The molecule has 0 amide bonds. The summed E-state index contributed by atoms with van der Waals surface area (Å²) in [6, 6.07) is 11.3. The lowest BCUT2D eigenvalue weighted by Gasteiger charge is -2.39. The van der Waals surface area contributed by atoms with E-state index in [9.17, 15) is 0 Å². The van der Waals surface area contributed by atoms with Crippen LogP contribution in [-0.2, 0) is 0 Å². The molecule has 1 saturated heterocycles. The Balaban J connectivity index is 1.44. The minimum Gasteiger partial charge on any atom is -0.488 e. The molecule has 5 heteroatoms. The van der Waals surface area contributed by atoms with Gasteiger partial charge >= 0.3 is 0 Å². The van der Waals surface area contributed by atoms with Crippen LogP contribution in [0, 0.1) is 13.8 Å². The Morgan fingerprint density at radius 3 is 2.79 bits per heavy atom. The van der Waals surface area contributed by atoms with Crippen LogP contribution in [-0.4, -0.2) is 49.2 Å². The average molecular weight is 389 g/mol. The molecule has 2 aliphatic rings. The topological polar surface area (TPSA) is 41.7 Å². The Bertz CT molecular complexity index is 1110. The van der Waals surface area contributed by atoms with E-state index in [0.29, 0.717) is 12.6 Å². The number of nitrogens with zero attached hydrogens (tertiary/aromatic N) is 3. The second-order valence-electron chi connectivity index (χ2n) is 8.33. The summed E-state index contributed by atoms with van der Waals surface area (Å²) in [5.74, 6) is 1.81. The fourth-order valence-corrected chi connectivity index (χ4v) is 4.30. The molecule has 0 radical (unpaired) electrons. The molecule has 0 aliphatic carbocycles. The van der Waals surface area contributed by atoms with Crippen molar-refractivity contribution in [1.82, 2.24) is 9.88 Å². The first-order chi connectivity index (χ1) is 14.0. The van der Waals surface area contributed by atoms with Gasteiger partial charge in [0.15, 0.2) is 5.58 Å². The maximum Gasteiger partial charge on any atom is 0.155 e. The van der Waals surface area contributed by atoms with Gasteiger partial charge in [-0.3, -0.25) is 4.98 Å². The van der Waals surface area contributed by atoms with Gasteiger partial charge in [0.1, 0.15) is 18.1 Å². The van der Waals surface area contributed by atoms with Crippen LogP contribution in [0.15, 0.2) is 34.7 Å². The fourth-order valence-electron chi connectivity index (χ4n) is 4.30. The lowest BCUT2D eigenvalue weighted by atomic mass is 10.0. The Kier molecular flexibility index (Phi) is 4.36. The summed E-state index contributed by atoms with van der Waals surface area (Å²) in [4.78, 5) is 9.37. The molecule has 0 spiro atoms. The highest BCUT2D eigenvalue weighted by molar-refractivity contribution is 5.90. The Labute approximate surface area is 171 Å². The van der Waals surface area contributed by atoms with E-state index in [2.05, 4.69) is 65.2 Å². The third-order valence-corrected chi connectivity index (χ3v) is 6.15. The summed E-state index contributed by atoms with van der Waals surface area (Å²) in [7, 11) is 2.20. The summed E-state index contributed by atoms with van der Waals surface area (Å²) in [5, 5.41) is 1.09. The first-order valence-corrected chi connectivity index (χ1v) is 10.3. The Morgan fingerprint density at radius 2 is 1.97 bits per heavy atom. The van der Waals surface area contributed by atoms with Gasteiger partial charge in [0.25, 0.3) is 0 Å². The van der Waals surface area contributed by atoms with Gasteiger partial charge in [0, 0.05) is 59.6 Å². The van der Waals surface area contributed by atoms with E-state index < -0.39 is 0 Å². The van der Waals surface area contributed by atoms with Gasteiger partial charge in [-0.15, -0.1) is 0 Å². The van der Waals surface area contributed by atoms with Gasteiger partial charge in [0.05, 0.1) is 5.69 Å². The molecule has 4 heterocycles. The summed E-state index contributed by atoms with van der Waals surface area (Å²) >= 11 is 0. The third kappa shape index (κ3) is 3.29. The number of benzene rings is 1. The van der Waals surface area contributed by atoms with Gasteiger partial charge in [-0.05, 0) is 58.2 Å². The van der Waals surface area contributed by atoms with Crippen molar-refractivity contribution >= 4 is 28.3 Å². The van der Waals surface area contributed by atoms with E-state index in [1.165, 1.54) is 5.69 Å². The van der Waals surface area contributed by atoms with E-state index in [1.54, 1.807) is 0 Å². The van der Waals surface area contributed by atoms with Crippen molar-refractivity contribution < 1.29 is 9.15 Å². The zero-order valence-corrected chi connectivity index (χ0v) is 17.5. The van der Waals surface area contributed by atoms with Crippen molar-refractivity contribution in [3.05, 3.63) is 53.0 Å². The maximum atomic E-state index is 6.14. The van der Waals surface area contributed by atoms with Crippen LogP contribution in [0.5, 0.6) is 5.75 Å². The lowest BCUT2D eigenvalue weighted by molar-refractivity contribution is 0.234. The number of pyridine rings is 1. The molecule has 29 heavy (non-hydrogen) atoms. The van der Waals surface area contributed by atoms with E-state index >= 15 is 0 Å². The van der Waals surface area contributed by atoms with E-state index in [0.717, 1.165) is 64.6 Å². The highest BCUT2D eigenvalue weighted by Crippen LogP contribution is 2.36. The van der Waals surface area contributed by atoms with Gasteiger partial charge < -0.3 is 19.0 Å². The van der Waals surface area contributed by atoms with Gasteiger partial charge in [-0.25, -0.2) is 0 Å². The summed E-state index contributed by atoms with van der Waals surface area (Å²) in [6.07, 6.45) is 2.18. The van der Waals surface area contributed by atoms with Crippen molar-refractivity contribution in [2.75, 3.05) is 38.2 Å². The van der Waals surface area contributed by atoms with E-state index in [4.69, 9.17) is 9.15 Å². The van der Waals surface area contributed by atoms with Crippen LogP contribution >= 0.6 is 0 Å². The largest absolute Gasteiger partial charge is 0.488 e. The number of aryl methyl sites for hydroxylation is 2. The molecule has 3 aromatic rings. The molecule has 0 bridgehead atoms. The van der Waals surface area contributed by atoms with Gasteiger partial charge in [-0.1, -0.05) is 0 Å². The zero-order valence-electron chi connectivity index (χ0n) is 17.5. The summed E-state index contributed by atoms with van der Waals surface area (Å²) in [5.41, 5.74) is 6.19. The second kappa shape index (κ2) is 6.92. The number of anilines is 1. The van der Waals surface area contributed by atoms with Crippen LogP contribution in [0.2, 0.25) is 0 Å². The van der Waals surface area contributed by atoms with Crippen LogP contribution in [0.1, 0.15) is 29.6 Å². The van der Waals surface area contributed by atoms with Crippen molar-refractivity contribution in [1.29, 1.82) is 0 Å². The molecule has 1 fully saturated rings. The molecule has 150 valence electrons. The number of rotatable bonds is 2. The highest BCUT2D eigenvalue weighted by atomic mass is 16.5. The summed E-state index contributed by atoms with van der Waals surface area (Å²) in [6.45, 7) is 9.97. The van der Waals surface area contributed by atoms with Crippen molar-refractivity contribution in [2.24, 2.45) is 0 Å². The number of hydrogen-bond donors (Lipinski definition) is 0. The standard InChI is InChI=1S/C24H27N3O2/c1-15-9-19-11-23(29-24(19)17(3)25-15)20-10-18-5-6-21(12-22(18)28-14-20)27-8-7-26(4)16(2)13-27/h5-6,9-12,16H,7-8,13-14H2,1-4H3/t16-/m0/s1. The molecule has 0 unspecified atom stereocenters.